The third-order valence-electron chi connectivity index (χ3n) is 11.0. The Hall–Kier alpha value is -4.89. The maximum absolute atomic E-state index is 13.8. The number of piperidine rings is 1. The second-order valence-electron chi connectivity index (χ2n) is 13.9. The normalized spacial score (nSPS) is 20.7. The number of pyridine rings is 1. The fourth-order valence-electron chi connectivity index (χ4n) is 8.35. The van der Waals surface area contributed by atoms with Crippen molar-refractivity contribution in [2.24, 2.45) is 24.6 Å². The molecule has 0 unspecified atom stereocenters. The molecule has 3 aromatic heterocycles. The van der Waals surface area contributed by atoms with Gasteiger partial charge in [-0.3, -0.25) is 9.59 Å². The number of aromatic nitrogens is 4. The number of benzene rings is 3. The fourth-order valence-corrected chi connectivity index (χ4v) is 8.35. The van der Waals surface area contributed by atoms with E-state index in [1.165, 1.54) is 18.4 Å². The first kappa shape index (κ1) is 28.3. The Morgan fingerprint density at radius 3 is 2.64 bits per heavy atom. The number of fused-ring (bicyclic) bond motifs is 5. The number of hydrogen-bond acceptors (Lipinski definition) is 5. The number of nitrogens with one attached hydrogen (secondary N) is 1. The van der Waals surface area contributed by atoms with Crippen molar-refractivity contribution in [1.82, 2.24) is 24.0 Å². The highest BCUT2D eigenvalue weighted by Crippen LogP contribution is 2.42. The number of methoxy groups -OCH3 is 1. The van der Waals surface area contributed by atoms with E-state index in [0.29, 0.717) is 23.1 Å². The number of nitrogens with two attached hydrogens (primary N) is 1. The van der Waals surface area contributed by atoms with Crippen LogP contribution >= 0.6 is 0 Å². The number of aryl methyl sites for hydroxylation is 2. The fraction of sp³-hybridized carbons (Fsp3) is 0.342. The molecule has 3 fully saturated rings. The number of carbonyl (C=O) groups excluding carboxylic acids is 1. The van der Waals surface area contributed by atoms with Crippen molar-refractivity contribution in [1.29, 1.82) is 0 Å². The summed E-state index contributed by atoms with van der Waals surface area (Å²) in [7, 11) is 3.68. The SMILES string of the molecule is COc1cc(C(=O)N2C[C@H]3CC[C@@H]2[C@@H]3N)cc2nc(-c3cc4cccc(-c5ccc6[nH]c(=O)cc(C)c6c5)c4n3CC3CC3)n(C)c12. The average Bonchev–Trinajstić information content (AvgIpc) is 3.46. The number of ether oxygens (including phenoxy) is 1. The predicted molar refractivity (Wildman–Crippen MR) is 185 cm³/mol. The van der Waals surface area contributed by atoms with Crippen molar-refractivity contribution >= 4 is 38.7 Å². The van der Waals surface area contributed by atoms with E-state index in [1.54, 1.807) is 13.2 Å². The molecule has 9 nitrogen and oxygen atoms in total. The van der Waals surface area contributed by atoms with Crippen molar-refractivity contribution in [3.63, 3.8) is 0 Å². The number of likely N-dealkylation sites (tertiary alicyclic amines) is 1. The van der Waals surface area contributed by atoms with Crippen molar-refractivity contribution in [3.05, 3.63) is 82.1 Å². The van der Waals surface area contributed by atoms with Crippen LogP contribution in [0.25, 0.3) is 55.5 Å². The number of hydrogen-bond donors (Lipinski definition) is 2. The lowest BCUT2D eigenvalue weighted by molar-refractivity contribution is 0.0700. The Labute approximate surface area is 271 Å². The summed E-state index contributed by atoms with van der Waals surface area (Å²) in [6.07, 6.45) is 4.50. The first-order valence-electron chi connectivity index (χ1n) is 16.7. The lowest BCUT2D eigenvalue weighted by atomic mass is 9.99. The molecule has 3 aromatic carbocycles. The smallest absolute Gasteiger partial charge is 0.254 e. The van der Waals surface area contributed by atoms with Crippen LogP contribution in [0.3, 0.4) is 0 Å². The molecule has 0 radical (unpaired) electrons. The molecular formula is C38H38N6O3. The van der Waals surface area contributed by atoms with E-state index in [2.05, 4.69) is 50.5 Å². The van der Waals surface area contributed by atoms with Crippen LogP contribution in [0.5, 0.6) is 5.75 Å². The Morgan fingerprint density at radius 2 is 1.89 bits per heavy atom. The van der Waals surface area contributed by atoms with E-state index in [1.807, 2.05) is 37.1 Å². The first-order valence-corrected chi connectivity index (χ1v) is 16.7. The van der Waals surface area contributed by atoms with Gasteiger partial charge in [-0.1, -0.05) is 24.3 Å². The van der Waals surface area contributed by atoms with Gasteiger partial charge in [0.15, 0.2) is 5.82 Å². The zero-order chi connectivity index (χ0) is 32.1. The Balaban J connectivity index is 1.20. The standard InChI is InChI=1S/C38H38N6O3/c1-20-13-33(45)40-28-11-9-22(14-27(20)28)26-6-4-5-23-16-31(43(35(23)26)18-21-7-8-21)37-41-29-15-25(17-32(47-3)36(29)42(37)2)38(46)44-19-24-10-12-30(44)34(24)39/h4-6,9,11,13-17,21,24,30,34H,7-8,10,12,18-19,39H2,1-3H3,(H,40,45)/t24-,30-,34-/m1/s1. The van der Waals surface area contributed by atoms with Crippen molar-refractivity contribution in [2.45, 2.75) is 51.2 Å². The van der Waals surface area contributed by atoms with Crippen LogP contribution in [0.2, 0.25) is 0 Å². The predicted octanol–water partition coefficient (Wildman–Crippen LogP) is 5.99. The second-order valence-corrected chi connectivity index (χ2v) is 13.9. The molecular weight excluding hydrogens is 588 g/mol. The topological polar surface area (TPSA) is 111 Å². The molecule has 9 rings (SSSR count). The third-order valence-corrected chi connectivity index (χ3v) is 11.0. The Kier molecular flexibility index (Phi) is 6.21. The van der Waals surface area contributed by atoms with Crippen molar-refractivity contribution in [3.8, 4) is 28.4 Å². The van der Waals surface area contributed by atoms with Gasteiger partial charge in [0.2, 0.25) is 5.56 Å². The maximum Gasteiger partial charge on any atom is 0.254 e. The van der Waals surface area contributed by atoms with Gasteiger partial charge < -0.3 is 29.5 Å². The van der Waals surface area contributed by atoms with Gasteiger partial charge in [-0.05, 0) is 85.9 Å². The Bertz CT molecular complexity index is 2330. The molecule has 1 saturated heterocycles. The summed E-state index contributed by atoms with van der Waals surface area (Å²) in [6.45, 7) is 3.60. The molecule has 3 N–H and O–H groups in total. The molecule has 6 aromatic rings. The van der Waals surface area contributed by atoms with Gasteiger partial charge in [-0.25, -0.2) is 4.98 Å². The number of nitrogens with zero attached hydrogens (tertiary/aromatic N) is 4. The molecule has 1 aliphatic heterocycles. The highest BCUT2D eigenvalue weighted by molar-refractivity contribution is 6.02. The minimum absolute atomic E-state index is 0.00207. The van der Waals surface area contributed by atoms with E-state index < -0.39 is 0 Å². The van der Waals surface area contributed by atoms with E-state index >= 15 is 0 Å². The van der Waals surface area contributed by atoms with Crippen LogP contribution in [0.15, 0.2) is 65.5 Å². The molecule has 3 aliphatic rings. The van der Waals surface area contributed by atoms with E-state index in [0.717, 1.165) is 81.5 Å². The molecule has 2 saturated carbocycles. The molecule has 1 amide bonds. The van der Waals surface area contributed by atoms with Gasteiger partial charge in [-0.15, -0.1) is 0 Å². The number of amides is 1. The minimum atomic E-state index is -0.0874. The first-order chi connectivity index (χ1) is 22.8. The van der Waals surface area contributed by atoms with E-state index in [-0.39, 0.29) is 23.6 Å². The van der Waals surface area contributed by atoms with Crippen LogP contribution in [-0.2, 0) is 13.6 Å². The Morgan fingerprint density at radius 1 is 1.04 bits per heavy atom. The number of carbonyl (C=O) groups is 1. The van der Waals surface area contributed by atoms with Crippen LogP contribution < -0.4 is 16.0 Å². The van der Waals surface area contributed by atoms with Gasteiger partial charge in [-0.2, -0.15) is 0 Å². The lowest BCUT2D eigenvalue weighted by Crippen LogP contribution is -2.41. The summed E-state index contributed by atoms with van der Waals surface area (Å²) >= 11 is 0. The summed E-state index contributed by atoms with van der Waals surface area (Å²) in [5.41, 5.74) is 14.8. The van der Waals surface area contributed by atoms with Gasteiger partial charge in [0, 0.05) is 65.7 Å². The summed E-state index contributed by atoms with van der Waals surface area (Å²) in [5, 5.41) is 2.18. The van der Waals surface area contributed by atoms with Crippen molar-refractivity contribution in [2.75, 3.05) is 13.7 Å². The van der Waals surface area contributed by atoms with Crippen molar-refractivity contribution < 1.29 is 9.53 Å². The van der Waals surface area contributed by atoms with E-state index in [9.17, 15) is 9.59 Å². The molecule has 2 aliphatic carbocycles. The highest BCUT2D eigenvalue weighted by Gasteiger charge is 2.47. The quantitative estimate of drug-likeness (QED) is 0.236. The van der Waals surface area contributed by atoms with Crippen LogP contribution in [0, 0.1) is 18.8 Å². The zero-order valence-electron chi connectivity index (χ0n) is 26.9. The number of rotatable bonds is 6. The molecule has 0 spiro atoms. The highest BCUT2D eigenvalue weighted by atomic mass is 16.5. The average molecular weight is 627 g/mol. The van der Waals surface area contributed by atoms with Crippen LogP contribution in [0.4, 0.5) is 0 Å². The maximum atomic E-state index is 13.8. The monoisotopic (exact) mass is 626 g/mol. The number of H-pyrrole nitrogens is 1. The minimum Gasteiger partial charge on any atom is -0.494 e. The summed E-state index contributed by atoms with van der Waals surface area (Å²) in [6, 6.07) is 20.6. The van der Waals surface area contributed by atoms with Gasteiger partial charge in [0.25, 0.3) is 5.91 Å². The number of imidazole rings is 1. The van der Waals surface area contributed by atoms with Crippen LogP contribution in [0.1, 0.15) is 41.6 Å². The number of para-hydroxylation sites is 1. The lowest BCUT2D eigenvalue weighted by Gasteiger charge is -2.27. The molecule has 238 valence electrons. The molecule has 3 atom stereocenters. The van der Waals surface area contributed by atoms with Crippen LogP contribution in [-0.4, -0.2) is 55.6 Å². The molecule has 47 heavy (non-hydrogen) atoms. The summed E-state index contributed by atoms with van der Waals surface area (Å²) in [4.78, 5) is 36.1. The summed E-state index contributed by atoms with van der Waals surface area (Å²) < 4.78 is 10.4. The second kappa shape index (κ2) is 10.3. The molecule has 2 bridgehead atoms. The number of aromatic amines is 1. The van der Waals surface area contributed by atoms with Gasteiger partial charge in [0.05, 0.1) is 23.8 Å². The van der Waals surface area contributed by atoms with Gasteiger partial charge >= 0.3 is 0 Å². The molecule has 4 heterocycles. The summed E-state index contributed by atoms with van der Waals surface area (Å²) in [5.74, 6) is 2.48. The van der Waals surface area contributed by atoms with Gasteiger partial charge in [0.1, 0.15) is 11.3 Å². The third kappa shape index (κ3) is 4.36. The largest absolute Gasteiger partial charge is 0.494 e. The van der Waals surface area contributed by atoms with E-state index in [4.69, 9.17) is 15.5 Å². The molecule has 9 heteroatoms. The zero-order valence-corrected chi connectivity index (χ0v) is 26.9.